The van der Waals surface area contributed by atoms with E-state index in [1.807, 2.05) is 0 Å². The van der Waals surface area contributed by atoms with E-state index < -0.39 is 34.1 Å². The number of hydrazine groups is 1. The first kappa shape index (κ1) is 26.6. The monoisotopic (exact) mass is 507 g/mol. The van der Waals surface area contributed by atoms with Crippen LogP contribution in [0.15, 0.2) is 64.5 Å². The molecule has 0 saturated carbocycles. The van der Waals surface area contributed by atoms with Gasteiger partial charge in [-0.25, -0.2) is 23.2 Å². The number of halogens is 1. The Morgan fingerprint density at radius 3 is 2.57 bits per heavy atom. The molecule has 1 aliphatic heterocycles. The van der Waals surface area contributed by atoms with Gasteiger partial charge in [0, 0.05) is 25.1 Å². The number of nitrogens with zero attached hydrogens (tertiary/aromatic N) is 1. The van der Waals surface area contributed by atoms with E-state index in [-0.39, 0.29) is 36.1 Å². The molecule has 0 fully saturated rings. The second-order valence-corrected chi connectivity index (χ2v) is 10.1. The van der Waals surface area contributed by atoms with Gasteiger partial charge >= 0.3 is 0 Å². The summed E-state index contributed by atoms with van der Waals surface area (Å²) in [5, 5.41) is 8.87. The number of hydrogen-bond donors (Lipinski definition) is 3. The Balaban J connectivity index is 1.85. The van der Waals surface area contributed by atoms with Crippen LogP contribution in [0.1, 0.15) is 25.3 Å². The number of carbonyl (C=O) groups is 1. The first-order valence-electron chi connectivity index (χ1n) is 11.3. The van der Waals surface area contributed by atoms with Crippen LogP contribution >= 0.6 is 0 Å². The summed E-state index contributed by atoms with van der Waals surface area (Å²) >= 11 is 0. The number of benzene rings is 2. The standard InChI is InChI=1S/C24H30FN3O6S/c1-18-24(23(30)28-26-14-13-25,12-17-35(31,32)21-6-3-2-4-7-21)27-22(34-18)19-8-10-20(11-9-19)33-16-5-15-29/h2-4,6-11,18,26,29H,5,12-17H2,1H3,(H,28,30)/t18-,24-/m0/s1. The van der Waals surface area contributed by atoms with Crippen LogP contribution in [0, 0.1) is 0 Å². The fourth-order valence-electron chi connectivity index (χ4n) is 3.59. The molecule has 1 aliphatic rings. The van der Waals surface area contributed by atoms with Gasteiger partial charge in [-0.15, -0.1) is 0 Å². The number of ether oxygens (including phenoxy) is 2. The zero-order valence-corrected chi connectivity index (χ0v) is 20.3. The summed E-state index contributed by atoms with van der Waals surface area (Å²) in [7, 11) is -3.69. The molecule has 0 radical (unpaired) electrons. The third kappa shape index (κ3) is 6.56. The van der Waals surface area contributed by atoms with Gasteiger partial charge in [-0.3, -0.25) is 10.2 Å². The Morgan fingerprint density at radius 2 is 1.91 bits per heavy atom. The lowest BCUT2D eigenvalue weighted by molar-refractivity contribution is -0.129. The molecule has 1 heterocycles. The van der Waals surface area contributed by atoms with Crippen molar-refractivity contribution in [3.8, 4) is 5.75 Å². The molecule has 2 aromatic rings. The minimum absolute atomic E-state index is 0.0327. The molecule has 0 aromatic heterocycles. The molecule has 190 valence electrons. The van der Waals surface area contributed by atoms with Crippen LogP contribution in [0.3, 0.4) is 0 Å². The summed E-state index contributed by atoms with van der Waals surface area (Å²) in [5.41, 5.74) is 3.96. The molecule has 0 bridgehead atoms. The summed E-state index contributed by atoms with van der Waals surface area (Å²) in [6.45, 7) is 1.25. The Labute approximate surface area is 204 Å². The third-order valence-electron chi connectivity index (χ3n) is 5.60. The maximum absolute atomic E-state index is 13.2. The molecule has 0 aliphatic carbocycles. The predicted octanol–water partition coefficient (Wildman–Crippen LogP) is 1.81. The predicted molar refractivity (Wildman–Crippen MR) is 129 cm³/mol. The zero-order valence-electron chi connectivity index (χ0n) is 19.4. The first-order valence-corrected chi connectivity index (χ1v) is 13.0. The number of rotatable bonds is 13. The van der Waals surface area contributed by atoms with E-state index in [9.17, 15) is 17.6 Å². The summed E-state index contributed by atoms with van der Waals surface area (Å²) in [6.07, 6.45) is -0.411. The molecule has 1 amide bonds. The van der Waals surface area contributed by atoms with E-state index >= 15 is 0 Å². The van der Waals surface area contributed by atoms with Crippen LogP contribution in [0.5, 0.6) is 5.75 Å². The highest BCUT2D eigenvalue weighted by Gasteiger charge is 2.50. The van der Waals surface area contributed by atoms with Crippen molar-refractivity contribution in [3.05, 3.63) is 60.2 Å². The molecule has 35 heavy (non-hydrogen) atoms. The van der Waals surface area contributed by atoms with Crippen molar-refractivity contribution in [2.45, 2.75) is 36.3 Å². The summed E-state index contributed by atoms with van der Waals surface area (Å²) in [6, 6.07) is 14.8. The maximum atomic E-state index is 13.2. The van der Waals surface area contributed by atoms with Crippen molar-refractivity contribution in [1.29, 1.82) is 0 Å². The van der Waals surface area contributed by atoms with Gasteiger partial charge in [0.2, 0.25) is 5.90 Å². The lowest BCUT2D eigenvalue weighted by Crippen LogP contribution is -2.55. The van der Waals surface area contributed by atoms with Crippen molar-refractivity contribution in [3.63, 3.8) is 0 Å². The van der Waals surface area contributed by atoms with Gasteiger partial charge in [-0.1, -0.05) is 18.2 Å². The zero-order chi connectivity index (χ0) is 25.3. The highest BCUT2D eigenvalue weighted by atomic mass is 32.2. The Kier molecular flexibility index (Phi) is 9.19. The molecule has 3 N–H and O–H groups in total. The number of aliphatic hydroxyl groups excluding tert-OH is 1. The quantitative estimate of drug-likeness (QED) is 0.279. The molecular formula is C24H30FN3O6S. The van der Waals surface area contributed by atoms with Crippen LogP contribution in [0.4, 0.5) is 4.39 Å². The number of hydrogen-bond acceptors (Lipinski definition) is 8. The average molecular weight is 508 g/mol. The fourth-order valence-corrected chi connectivity index (χ4v) is 4.97. The van der Waals surface area contributed by atoms with Crippen LogP contribution < -0.4 is 15.6 Å². The fraction of sp³-hybridized carbons (Fsp3) is 0.417. The smallest absolute Gasteiger partial charge is 0.266 e. The molecule has 0 unspecified atom stereocenters. The van der Waals surface area contributed by atoms with Gasteiger partial charge in [0.25, 0.3) is 5.91 Å². The van der Waals surface area contributed by atoms with Crippen LogP contribution in [-0.2, 0) is 19.4 Å². The number of aliphatic hydroxyl groups is 1. The van der Waals surface area contributed by atoms with E-state index in [1.165, 1.54) is 12.1 Å². The van der Waals surface area contributed by atoms with Crippen molar-refractivity contribution < 1.29 is 32.2 Å². The van der Waals surface area contributed by atoms with E-state index in [4.69, 9.17) is 14.6 Å². The number of amides is 1. The maximum Gasteiger partial charge on any atom is 0.266 e. The van der Waals surface area contributed by atoms with E-state index in [0.717, 1.165) is 0 Å². The second-order valence-electron chi connectivity index (χ2n) is 8.00. The third-order valence-corrected chi connectivity index (χ3v) is 7.34. The normalized spacial score (nSPS) is 19.6. The van der Waals surface area contributed by atoms with Gasteiger partial charge in [0.1, 0.15) is 18.5 Å². The molecule has 9 nitrogen and oxygen atoms in total. The Hall–Kier alpha value is -3.02. The largest absolute Gasteiger partial charge is 0.494 e. The molecule has 0 spiro atoms. The summed E-state index contributed by atoms with van der Waals surface area (Å²) < 4.78 is 49.8. The minimum atomic E-state index is -3.69. The summed E-state index contributed by atoms with van der Waals surface area (Å²) in [5.74, 6) is -0.157. The van der Waals surface area contributed by atoms with Crippen molar-refractivity contribution in [2.24, 2.45) is 4.99 Å². The van der Waals surface area contributed by atoms with E-state index in [0.29, 0.717) is 24.3 Å². The molecule has 3 rings (SSSR count). The lowest BCUT2D eigenvalue weighted by atomic mass is 9.90. The SMILES string of the molecule is C[C@@H]1OC(c2ccc(OCCCO)cc2)=N[C@]1(CCS(=O)(=O)c1ccccc1)C(=O)NNCCF. The Bertz CT molecular complexity index is 1110. The lowest BCUT2D eigenvalue weighted by Gasteiger charge is -2.28. The van der Waals surface area contributed by atoms with Crippen molar-refractivity contribution >= 4 is 21.6 Å². The van der Waals surface area contributed by atoms with E-state index in [1.54, 1.807) is 49.4 Å². The first-order chi connectivity index (χ1) is 16.8. The molecule has 2 aromatic carbocycles. The number of sulfone groups is 1. The molecular weight excluding hydrogens is 477 g/mol. The van der Waals surface area contributed by atoms with Gasteiger partial charge in [-0.2, -0.15) is 0 Å². The average Bonchev–Trinajstić information content (AvgIpc) is 3.21. The van der Waals surface area contributed by atoms with Gasteiger partial charge in [-0.05, 0) is 49.7 Å². The van der Waals surface area contributed by atoms with Crippen LogP contribution in [0.2, 0.25) is 0 Å². The topological polar surface area (TPSA) is 126 Å². The minimum Gasteiger partial charge on any atom is -0.494 e. The van der Waals surface area contributed by atoms with Crippen molar-refractivity contribution in [2.75, 3.05) is 32.2 Å². The van der Waals surface area contributed by atoms with Gasteiger partial charge in [0.05, 0.1) is 17.3 Å². The highest BCUT2D eigenvalue weighted by molar-refractivity contribution is 7.91. The van der Waals surface area contributed by atoms with E-state index in [2.05, 4.69) is 15.8 Å². The van der Waals surface area contributed by atoms with Crippen LogP contribution in [-0.4, -0.2) is 69.2 Å². The number of aliphatic imine (C=N–C) groups is 1. The Morgan fingerprint density at radius 1 is 1.20 bits per heavy atom. The molecule has 11 heteroatoms. The van der Waals surface area contributed by atoms with Gasteiger partial charge in [0.15, 0.2) is 15.4 Å². The number of alkyl halides is 1. The summed E-state index contributed by atoms with van der Waals surface area (Å²) in [4.78, 5) is 17.9. The molecule has 0 saturated heterocycles. The highest BCUT2D eigenvalue weighted by Crippen LogP contribution is 2.33. The molecule has 2 atom stereocenters. The van der Waals surface area contributed by atoms with Crippen molar-refractivity contribution in [1.82, 2.24) is 10.9 Å². The van der Waals surface area contributed by atoms with Gasteiger partial charge < -0.3 is 14.6 Å². The number of carbonyl (C=O) groups excluding carboxylic acids is 1. The number of nitrogens with one attached hydrogen (secondary N) is 2. The van der Waals surface area contributed by atoms with Crippen LogP contribution in [0.25, 0.3) is 0 Å². The second kappa shape index (κ2) is 12.1.